The molecule has 2 rings (SSSR count). The number of nitriles is 1. The molecule has 5 nitrogen and oxygen atoms in total. The summed E-state index contributed by atoms with van der Waals surface area (Å²) in [4.78, 5) is 24.8. The molecule has 0 aliphatic carbocycles. The van der Waals surface area contributed by atoms with Gasteiger partial charge in [-0.2, -0.15) is 5.26 Å². The third kappa shape index (κ3) is 3.99. The van der Waals surface area contributed by atoms with E-state index < -0.39 is 17.6 Å². The molecule has 24 heavy (non-hydrogen) atoms. The number of nitrogens with one attached hydrogen (secondary N) is 1. The van der Waals surface area contributed by atoms with Crippen LogP contribution in [-0.2, 0) is 4.79 Å². The van der Waals surface area contributed by atoms with Crippen molar-refractivity contribution in [3.05, 3.63) is 59.7 Å². The topological polar surface area (TPSA) is 79.2 Å². The van der Waals surface area contributed by atoms with Gasteiger partial charge in [-0.05, 0) is 26.0 Å². The normalized spacial score (nSPS) is 11.2. The predicted octanol–water partition coefficient (Wildman–Crippen LogP) is 3.35. The standard InChI is InChI=1S/C19H18N2O3/c1-3-24-17-7-5-4-6-16(17)21-19(23)15(12-20)18(22)14-10-8-13(2)9-11-14/h4-11,15H,3H2,1-2H3,(H,21,23). The Balaban J connectivity index is 2.19. The van der Waals surface area contributed by atoms with Crippen molar-refractivity contribution in [3.8, 4) is 11.8 Å². The molecule has 2 aromatic carbocycles. The number of hydrogen-bond acceptors (Lipinski definition) is 4. The van der Waals surface area contributed by atoms with E-state index in [-0.39, 0.29) is 0 Å². The number of hydrogen-bond donors (Lipinski definition) is 1. The van der Waals surface area contributed by atoms with Crippen LogP contribution in [0.25, 0.3) is 0 Å². The van der Waals surface area contributed by atoms with E-state index in [9.17, 15) is 14.9 Å². The van der Waals surface area contributed by atoms with Gasteiger partial charge in [0.25, 0.3) is 0 Å². The Morgan fingerprint density at radius 2 is 1.83 bits per heavy atom. The van der Waals surface area contributed by atoms with Gasteiger partial charge in [0.1, 0.15) is 5.75 Å². The summed E-state index contributed by atoms with van der Waals surface area (Å²) < 4.78 is 5.43. The van der Waals surface area contributed by atoms with Crippen molar-refractivity contribution in [1.29, 1.82) is 5.26 Å². The van der Waals surface area contributed by atoms with Crippen molar-refractivity contribution in [2.75, 3.05) is 11.9 Å². The van der Waals surface area contributed by atoms with Gasteiger partial charge >= 0.3 is 0 Å². The van der Waals surface area contributed by atoms with E-state index in [4.69, 9.17) is 4.74 Å². The molecule has 2 aromatic rings. The molecular weight excluding hydrogens is 304 g/mol. The molecule has 0 heterocycles. The maximum absolute atomic E-state index is 12.4. The van der Waals surface area contributed by atoms with Crippen LogP contribution in [0.15, 0.2) is 48.5 Å². The Bertz CT molecular complexity index is 776. The van der Waals surface area contributed by atoms with E-state index in [1.807, 2.05) is 13.8 Å². The predicted molar refractivity (Wildman–Crippen MR) is 90.9 cm³/mol. The highest BCUT2D eigenvalue weighted by Gasteiger charge is 2.28. The van der Waals surface area contributed by atoms with E-state index in [0.29, 0.717) is 23.6 Å². The zero-order chi connectivity index (χ0) is 17.5. The van der Waals surface area contributed by atoms with Crippen LogP contribution >= 0.6 is 0 Å². The SMILES string of the molecule is CCOc1ccccc1NC(=O)C(C#N)C(=O)c1ccc(C)cc1. The van der Waals surface area contributed by atoms with Crippen LogP contribution in [0.1, 0.15) is 22.8 Å². The van der Waals surface area contributed by atoms with Gasteiger partial charge in [0.2, 0.25) is 5.91 Å². The quantitative estimate of drug-likeness (QED) is 0.653. The van der Waals surface area contributed by atoms with Crippen molar-refractivity contribution < 1.29 is 14.3 Å². The highest BCUT2D eigenvalue weighted by atomic mass is 16.5. The summed E-state index contributed by atoms with van der Waals surface area (Å²) >= 11 is 0. The van der Waals surface area contributed by atoms with Crippen LogP contribution < -0.4 is 10.1 Å². The van der Waals surface area contributed by atoms with Crippen molar-refractivity contribution in [1.82, 2.24) is 0 Å². The lowest BCUT2D eigenvalue weighted by Gasteiger charge is -2.13. The number of para-hydroxylation sites is 2. The molecule has 1 unspecified atom stereocenters. The van der Waals surface area contributed by atoms with Crippen LogP contribution in [0.2, 0.25) is 0 Å². The summed E-state index contributed by atoms with van der Waals surface area (Å²) in [5, 5.41) is 11.9. The summed E-state index contributed by atoms with van der Waals surface area (Å²) in [6.45, 7) is 4.17. The van der Waals surface area contributed by atoms with Gasteiger partial charge in [-0.3, -0.25) is 9.59 Å². The van der Waals surface area contributed by atoms with Crippen molar-refractivity contribution in [2.24, 2.45) is 5.92 Å². The minimum absolute atomic E-state index is 0.334. The first kappa shape index (κ1) is 17.2. The molecule has 0 aliphatic rings. The Hall–Kier alpha value is -3.13. The molecule has 0 aromatic heterocycles. The zero-order valence-corrected chi connectivity index (χ0v) is 13.6. The summed E-state index contributed by atoms with van der Waals surface area (Å²) in [5.41, 5.74) is 1.76. The second-order valence-electron chi connectivity index (χ2n) is 5.21. The molecule has 1 amide bonds. The smallest absolute Gasteiger partial charge is 0.249 e. The largest absolute Gasteiger partial charge is 0.492 e. The minimum Gasteiger partial charge on any atom is -0.492 e. The lowest BCUT2D eigenvalue weighted by Crippen LogP contribution is -2.28. The Kier molecular flexibility index (Phi) is 5.69. The van der Waals surface area contributed by atoms with E-state index in [1.54, 1.807) is 54.6 Å². The highest BCUT2D eigenvalue weighted by molar-refractivity contribution is 6.15. The molecule has 0 spiro atoms. The number of ketones is 1. The summed E-state index contributed by atoms with van der Waals surface area (Å²) in [7, 11) is 0. The van der Waals surface area contributed by atoms with E-state index in [2.05, 4.69) is 5.32 Å². The highest BCUT2D eigenvalue weighted by Crippen LogP contribution is 2.24. The Morgan fingerprint density at radius 3 is 2.46 bits per heavy atom. The summed E-state index contributed by atoms with van der Waals surface area (Å²) in [6, 6.07) is 15.4. The first-order chi connectivity index (χ1) is 11.6. The van der Waals surface area contributed by atoms with E-state index in [0.717, 1.165) is 5.56 Å². The molecule has 0 bridgehead atoms. The second kappa shape index (κ2) is 7.93. The van der Waals surface area contributed by atoms with Crippen molar-refractivity contribution in [2.45, 2.75) is 13.8 Å². The molecule has 5 heteroatoms. The van der Waals surface area contributed by atoms with Gasteiger partial charge in [0, 0.05) is 5.56 Å². The lowest BCUT2D eigenvalue weighted by molar-refractivity contribution is -0.117. The molecule has 1 atom stereocenters. The summed E-state index contributed by atoms with van der Waals surface area (Å²) in [5.74, 6) is -2.12. The second-order valence-corrected chi connectivity index (χ2v) is 5.21. The molecule has 0 aliphatic heterocycles. The number of ether oxygens (including phenoxy) is 1. The van der Waals surface area contributed by atoms with E-state index in [1.165, 1.54) is 0 Å². The number of benzene rings is 2. The van der Waals surface area contributed by atoms with Crippen LogP contribution in [0, 0.1) is 24.2 Å². The van der Waals surface area contributed by atoms with Crippen LogP contribution in [0.4, 0.5) is 5.69 Å². The van der Waals surface area contributed by atoms with Gasteiger partial charge < -0.3 is 10.1 Å². The van der Waals surface area contributed by atoms with Gasteiger partial charge in [-0.1, -0.05) is 42.0 Å². The monoisotopic (exact) mass is 322 g/mol. The van der Waals surface area contributed by atoms with Crippen LogP contribution in [-0.4, -0.2) is 18.3 Å². The first-order valence-corrected chi connectivity index (χ1v) is 7.60. The number of nitrogens with zero attached hydrogens (tertiary/aromatic N) is 1. The molecule has 1 N–H and O–H groups in total. The number of anilines is 1. The van der Waals surface area contributed by atoms with Gasteiger partial charge in [-0.25, -0.2) is 0 Å². The van der Waals surface area contributed by atoms with Crippen molar-refractivity contribution >= 4 is 17.4 Å². The molecule has 0 fully saturated rings. The third-order valence-electron chi connectivity index (χ3n) is 3.43. The van der Waals surface area contributed by atoms with Gasteiger partial charge in [0.15, 0.2) is 11.7 Å². The Morgan fingerprint density at radius 1 is 1.17 bits per heavy atom. The van der Waals surface area contributed by atoms with Gasteiger partial charge in [0.05, 0.1) is 18.4 Å². The Labute approximate surface area is 140 Å². The number of amides is 1. The fraction of sp³-hybridized carbons (Fsp3) is 0.211. The summed E-state index contributed by atoms with van der Waals surface area (Å²) in [6.07, 6.45) is 0. The minimum atomic E-state index is -1.41. The fourth-order valence-electron chi connectivity index (χ4n) is 2.18. The maximum atomic E-state index is 12.4. The lowest BCUT2D eigenvalue weighted by atomic mass is 9.97. The molecule has 0 saturated heterocycles. The number of aryl methyl sites for hydroxylation is 1. The molecular formula is C19H18N2O3. The zero-order valence-electron chi connectivity index (χ0n) is 13.6. The third-order valence-corrected chi connectivity index (χ3v) is 3.43. The molecule has 122 valence electrons. The average molecular weight is 322 g/mol. The maximum Gasteiger partial charge on any atom is 0.249 e. The molecule has 0 saturated carbocycles. The fourth-order valence-corrected chi connectivity index (χ4v) is 2.18. The number of Topliss-reactive ketones (excluding diaryl/α,β-unsaturated/α-hetero) is 1. The average Bonchev–Trinajstić information content (AvgIpc) is 2.58. The number of carbonyl (C=O) groups excluding carboxylic acids is 2. The van der Waals surface area contributed by atoms with Crippen LogP contribution in [0.5, 0.6) is 5.75 Å². The van der Waals surface area contributed by atoms with Gasteiger partial charge in [-0.15, -0.1) is 0 Å². The first-order valence-electron chi connectivity index (χ1n) is 7.60. The van der Waals surface area contributed by atoms with Crippen molar-refractivity contribution in [3.63, 3.8) is 0 Å². The van der Waals surface area contributed by atoms with Crippen LogP contribution in [0.3, 0.4) is 0 Å². The van der Waals surface area contributed by atoms with E-state index >= 15 is 0 Å². The number of rotatable bonds is 6. The number of carbonyl (C=O) groups is 2. The molecule has 0 radical (unpaired) electrons.